The molecule has 100 valence electrons. The van der Waals surface area contributed by atoms with Crippen LogP contribution >= 0.6 is 11.6 Å². The first-order valence-corrected chi connectivity index (χ1v) is 7.06. The van der Waals surface area contributed by atoms with Crippen LogP contribution in [-0.4, -0.2) is 34.4 Å². The van der Waals surface area contributed by atoms with Crippen LogP contribution < -0.4 is 0 Å². The van der Waals surface area contributed by atoms with Crippen molar-refractivity contribution in [2.24, 2.45) is 0 Å². The summed E-state index contributed by atoms with van der Waals surface area (Å²) in [7, 11) is 0. The first-order chi connectivity index (χ1) is 8.72. The van der Waals surface area contributed by atoms with Crippen LogP contribution in [-0.2, 0) is 0 Å². The number of hydrogen-bond acceptors (Lipinski definition) is 3. The summed E-state index contributed by atoms with van der Waals surface area (Å²) in [4.78, 5) is 14.3. The summed E-state index contributed by atoms with van der Waals surface area (Å²) in [6.07, 6.45) is 5.78. The quantitative estimate of drug-likeness (QED) is 0.790. The predicted octanol–water partition coefficient (Wildman–Crippen LogP) is 3.00. The Balaban J connectivity index is 2.10. The van der Waals surface area contributed by atoms with Gasteiger partial charge < -0.3 is 9.42 Å². The van der Waals surface area contributed by atoms with Gasteiger partial charge in [-0.05, 0) is 19.8 Å². The highest BCUT2D eigenvalue weighted by Gasteiger charge is 2.27. The molecule has 0 unspecified atom stereocenters. The largest absolute Gasteiger partial charge is 0.361 e. The fourth-order valence-corrected chi connectivity index (χ4v) is 2.73. The third-order valence-corrected chi connectivity index (χ3v) is 3.62. The highest BCUT2D eigenvalue weighted by Crippen LogP contribution is 2.24. The Morgan fingerprint density at radius 3 is 2.78 bits per heavy atom. The van der Waals surface area contributed by atoms with E-state index < -0.39 is 0 Å². The van der Waals surface area contributed by atoms with Crippen LogP contribution in [0.2, 0.25) is 0 Å². The van der Waals surface area contributed by atoms with Crippen LogP contribution in [0.3, 0.4) is 0 Å². The van der Waals surface area contributed by atoms with Crippen LogP contribution in [0, 0.1) is 6.92 Å². The number of halogens is 1. The molecule has 1 aromatic rings. The topological polar surface area (TPSA) is 46.3 Å². The molecule has 1 amide bonds. The van der Waals surface area contributed by atoms with Gasteiger partial charge in [0, 0.05) is 24.5 Å². The third-order valence-electron chi connectivity index (χ3n) is 3.45. The zero-order valence-electron chi connectivity index (χ0n) is 10.7. The second kappa shape index (κ2) is 6.23. The number of hydrogen-bond donors (Lipinski definition) is 0. The lowest BCUT2D eigenvalue weighted by atomic mass is 9.94. The molecule has 1 fully saturated rings. The van der Waals surface area contributed by atoms with E-state index in [1.165, 1.54) is 19.3 Å². The Hall–Kier alpha value is -1.03. The number of aromatic nitrogens is 1. The van der Waals surface area contributed by atoms with E-state index in [2.05, 4.69) is 5.16 Å². The minimum atomic E-state index is -0.0561. The molecule has 0 bridgehead atoms. The van der Waals surface area contributed by atoms with E-state index >= 15 is 0 Å². The van der Waals surface area contributed by atoms with Crippen molar-refractivity contribution in [1.29, 1.82) is 0 Å². The number of rotatable bonds is 4. The number of amides is 1. The average Bonchev–Trinajstić information content (AvgIpc) is 2.83. The van der Waals surface area contributed by atoms with Crippen LogP contribution in [0.5, 0.6) is 0 Å². The molecule has 1 aliphatic carbocycles. The Morgan fingerprint density at radius 1 is 1.50 bits per heavy atom. The van der Waals surface area contributed by atoms with Gasteiger partial charge in [0.1, 0.15) is 5.76 Å². The van der Waals surface area contributed by atoms with Gasteiger partial charge in [-0.2, -0.15) is 0 Å². The van der Waals surface area contributed by atoms with Crippen molar-refractivity contribution in [2.75, 3.05) is 12.4 Å². The van der Waals surface area contributed by atoms with E-state index in [0.29, 0.717) is 29.9 Å². The third kappa shape index (κ3) is 3.05. The SMILES string of the molecule is Cc1cc(C(=O)N(CCCl)C2CCCCC2)no1. The maximum Gasteiger partial charge on any atom is 0.276 e. The van der Waals surface area contributed by atoms with E-state index in [4.69, 9.17) is 16.1 Å². The lowest BCUT2D eigenvalue weighted by molar-refractivity contribution is 0.0639. The van der Waals surface area contributed by atoms with Gasteiger partial charge in [0.25, 0.3) is 5.91 Å². The molecule has 1 aliphatic rings. The van der Waals surface area contributed by atoms with Crippen LogP contribution in [0.1, 0.15) is 48.4 Å². The lowest BCUT2D eigenvalue weighted by Crippen LogP contribution is -2.42. The van der Waals surface area contributed by atoms with Crippen molar-refractivity contribution >= 4 is 17.5 Å². The standard InChI is InChI=1S/C13H19ClN2O2/c1-10-9-12(15-18-10)13(17)16(8-7-14)11-5-3-2-4-6-11/h9,11H,2-8H2,1H3. The highest BCUT2D eigenvalue weighted by atomic mass is 35.5. The Bertz CT molecular complexity index is 399. The number of nitrogens with zero attached hydrogens (tertiary/aromatic N) is 2. The monoisotopic (exact) mass is 270 g/mol. The molecule has 0 saturated heterocycles. The van der Waals surface area contributed by atoms with Crippen molar-refractivity contribution in [2.45, 2.75) is 45.1 Å². The van der Waals surface area contributed by atoms with E-state index in [-0.39, 0.29) is 5.91 Å². The molecule has 0 aromatic carbocycles. The fourth-order valence-electron chi connectivity index (χ4n) is 2.55. The van der Waals surface area contributed by atoms with Crippen molar-refractivity contribution < 1.29 is 9.32 Å². The van der Waals surface area contributed by atoms with Crippen molar-refractivity contribution in [3.63, 3.8) is 0 Å². The molecule has 5 heteroatoms. The zero-order chi connectivity index (χ0) is 13.0. The first-order valence-electron chi connectivity index (χ1n) is 6.52. The van der Waals surface area contributed by atoms with Gasteiger partial charge in [0.2, 0.25) is 0 Å². The van der Waals surface area contributed by atoms with E-state index in [1.807, 2.05) is 4.90 Å². The van der Waals surface area contributed by atoms with E-state index in [9.17, 15) is 4.79 Å². The maximum atomic E-state index is 12.4. The lowest BCUT2D eigenvalue weighted by Gasteiger charge is -2.33. The summed E-state index contributed by atoms with van der Waals surface area (Å²) in [6, 6.07) is 1.99. The molecule has 0 atom stereocenters. The van der Waals surface area contributed by atoms with Gasteiger partial charge >= 0.3 is 0 Å². The minimum Gasteiger partial charge on any atom is -0.361 e. The summed E-state index contributed by atoms with van der Waals surface area (Å²) >= 11 is 5.81. The summed E-state index contributed by atoms with van der Waals surface area (Å²) in [5.41, 5.74) is 0.392. The molecule has 1 saturated carbocycles. The van der Waals surface area contributed by atoms with Gasteiger partial charge in [0.05, 0.1) is 0 Å². The maximum absolute atomic E-state index is 12.4. The van der Waals surface area contributed by atoms with Gasteiger partial charge in [-0.1, -0.05) is 24.4 Å². The second-order valence-corrected chi connectivity index (χ2v) is 5.18. The van der Waals surface area contributed by atoms with Crippen LogP contribution in [0.25, 0.3) is 0 Å². The first kappa shape index (κ1) is 13.4. The van der Waals surface area contributed by atoms with E-state index in [0.717, 1.165) is 12.8 Å². The normalized spacial score (nSPS) is 16.8. The number of aryl methyl sites for hydroxylation is 1. The summed E-state index contributed by atoms with van der Waals surface area (Å²) in [5.74, 6) is 1.06. The molecular weight excluding hydrogens is 252 g/mol. The molecular formula is C13H19ClN2O2. The van der Waals surface area contributed by atoms with Gasteiger partial charge in [-0.25, -0.2) is 0 Å². The molecule has 2 rings (SSSR count). The van der Waals surface area contributed by atoms with Crippen LogP contribution in [0.15, 0.2) is 10.6 Å². The molecule has 18 heavy (non-hydrogen) atoms. The number of carbonyl (C=O) groups is 1. The summed E-state index contributed by atoms with van der Waals surface area (Å²) in [5, 5.41) is 3.80. The average molecular weight is 271 g/mol. The Labute approximate surface area is 112 Å². The van der Waals surface area contributed by atoms with Crippen molar-refractivity contribution in [3.05, 3.63) is 17.5 Å². The van der Waals surface area contributed by atoms with Crippen LogP contribution in [0.4, 0.5) is 0 Å². The molecule has 0 N–H and O–H groups in total. The number of carbonyl (C=O) groups excluding carboxylic acids is 1. The Morgan fingerprint density at radius 2 is 2.22 bits per heavy atom. The van der Waals surface area contributed by atoms with Crippen molar-refractivity contribution in [1.82, 2.24) is 10.1 Å². The predicted molar refractivity (Wildman–Crippen MR) is 69.9 cm³/mol. The molecule has 0 radical (unpaired) electrons. The summed E-state index contributed by atoms with van der Waals surface area (Å²) < 4.78 is 4.97. The smallest absolute Gasteiger partial charge is 0.276 e. The number of alkyl halides is 1. The minimum absolute atomic E-state index is 0.0561. The molecule has 4 nitrogen and oxygen atoms in total. The molecule has 0 aliphatic heterocycles. The summed E-state index contributed by atoms with van der Waals surface area (Å²) in [6.45, 7) is 2.37. The van der Waals surface area contributed by atoms with Gasteiger partial charge in [0.15, 0.2) is 5.69 Å². The van der Waals surface area contributed by atoms with Crippen molar-refractivity contribution in [3.8, 4) is 0 Å². The fraction of sp³-hybridized carbons (Fsp3) is 0.692. The highest BCUT2D eigenvalue weighted by molar-refractivity contribution is 6.18. The van der Waals surface area contributed by atoms with Gasteiger partial charge in [-0.3, -0.25) is 4.79 Å². The molecule has 1 aromatic heterocycles. The zero-order valence-corrected chi connectivity index (χ0v) is 11.4. The Kier molecular flexibility index (Phi) is 4.64. The van der Waals surface area contributed by atoms with E-state index in [1.54, 1.807) is 13.0 Å². The molecule has 0 spiro atoms. The second-order valence-electron chi connectivity index (χ2n) is 4.80. The molecule has 1 heterocycles. The van der Waals surface area contributed by atoms with Gasteiger partial charge in [-0.15, -0.1) is 11.6 Å².